The first-order valence-electron chi connectivity index (χ1n) is 9.29. The molecule has 0 aliphatic carbocycles. The lowest BCUT2D eigenvalue weighted by atomic mass is 10.2. The number of hydrogen-bond donors (Lipinski definition) is 0. The van der Waals surface area contributed by atoms with Crippen LogP contribution in [0, 0.1) is 0 Å². The number of ether oxygens (including phenoxy) is 4. The predicted octanol–water partition coefficient (Wildman–Crippen LogP) is 3.80. The molecular formula is C20H20F2N4O6S. The van der Waals surface area contributed by atoms with Crippen LogP contribution in [0.2, 0.25) is 0 Å². The van der Waals surface area contributed by atoms with Crippen LogP contribution in [0.4, 0.5) is 8.78 Å². The second-order valence-corrected chi connectivity index (χ2v) is 6.98. The Morgan fingerprint density at radius 1 is 1.21 bits per heavy atom. The van der Waals surface area contributed by atoms with Crippen molar-refractivity contribution in [3.8, 4) is 17.2 Å². The highest BCUT2D eigenvalue weighted by Crippen LogP contribution is 2.39. The zero-order valence-corrected chi connectivity index (χ0v) is 18.9. The van der Waals surface area contributed by atoms with E-state index in [0.29, 0.717) is 22.8 Å². The van der Waals surface area contributed by atoms with Gasteiger partial charge in [-0.15, -0.1) is 10.2 Å². The molecular weight excluding hydrogens is 462 g/mol. The summed E-state index contributed by atoms with van der Waals surface area (Å²) in [6.45, 7) is -0.0211. The number of aromatic nitrogens is 3. The molecule has 2 aromatic heterocycles. The van der Waals surface area contributed by atoms with Gasteiger partial charge in [-0.2, -0.15) is 9.78 Å². The van der Waals surface area contributed by atoms with Gasteiger partial charge in [0.05, 0.1) is 27.5 Å². The Hall–Kier alpha value is -3.61. The van der Waals surface area contributed by atoms with E-state index in [4.69, 9.17) is 18.6 Å². The fourth-order valence-electron chi connectivity index (χ4n) is 2.70. The van der Waals surface area contributed by atoms with Gasteiger partial charge in [0.25, 0.3) is 6.43 Å². The normalized spacial score (nSPS) is 11.2. The molecule has 0 atom stereocenters. The van der Waals surface area contributed by atoms with Crippen molar-refractivity contribution in [3.63, 3.8) is 0 Å². The first-order chi connectivity index (χ1) is 15.9. The first-order valence-corrected chi connectivity index (χ1v) is 10.5. The molecule has 1 aromatic carbocycles. The average Bonchev–Trinajstić information content (AvgIpc) is 3.47. The summed E-state index contributed by atoms with van der Waals surface area (Å²) in [6, 6.07) is 6.23. The summed E-state index contributed by atoms with van der Waals surface area (Å²) in [5.74, 6) is 0.129. The van der Waals surface area contributed by atoms with Gasteiger partial charge < -0.3 is 23.4 Å². The number of benzene rings is 1. The summed E-state index contributed by atoms with van der Waals surface area (Å²) in [5.41, 5.74) is 0.489. The summed E-state index contributed by atoms with van der Waals surface area (Å²) in [4.78, 5) is 11.5. The highest BCUT2D eigenvalue weighted by Gasteiger charge is 2.20. The highest BCUT2D eigenvalue weighted by atomic mass is 32.2. The van der Waals surface area contributed by atoms with E-state index >= 15 is 0 Å². The van der Waals surface area contributed by atoms with Crippen molar-refractivity contribution in [2.75, 3.05) is 27.6 Å². The van der Waals surface area contributed by atoms with E-state index in [1.165, 1.54) is 33.6 Å². The Morgan fingerprint density at radius 2 is 1.91 bits per heavy atom. The van der Waals surface area contributed by atoms with E-state index in [1.807, 2.05) is 0 Å². The van der Waals surface area contributed by atoms with E-state index in [2.05, 4.69) is 20.0 Å². The zero-order chi connectivity index (χ0) is 24.0. The topological polar surface area (TPSA) is 110 Å². The van der Waals surface area contributed by atoms with Crippen molar-refractivity contribution in [1.29, 1.82) is 0 Å². The van der Waals surface area contributed by atoms with Gasteiger partial charge in [-0.3, -0.25) is 0 Å². The van der Waals surface area contributed by atoms with E-state index in [0.717, 1.165) is 16.4 Å². The van der Waals surface area contributed by atoms with Crippen LogP contribution in [-0.4, -0.2) is 54.6 Å². The van der Waals surface area contributed by atoms with E-state index in [-0.39, 0.29) is 23.3 Å². The maximum atomic E-state index is 13.2. The van der Waals surface area contributed by atoms with Gasteiger partial charge in [-0.25, -0.2) is 13.6 Å². The number of hydrogen-bond acceptors (Lipinski definition) is 10. The minimum atomic E-state index is -2.84. The fraction of sp³-hybridized carbons (Fsp3) is 0.300. The maximum absolute atomic E-state index is 13.2. The summed E-state index contributed by atoms with van der Waals surface area (Å²) in [6.07, 6.45) is 0.187. The number of esters is 1. The number of furan rings is 1. The second kappa shape index (κ2) is 10.8. The number of alkyl halides is 2. The van der Waals surface area contributed by atoms with Gasteiger partial charge in [0.2, 0.25) is 22.5 Å². The summed E-state index contributed by atoms with van der Waals surface area (Å²) >= 11 is 1.13. The molecule has 13 heteroatoms. The molecule has 33 heavy (non-hydrogen) atoms. The lowest BCUT2D eigenvalue weighted by molar-refractivity contribution is 0.0560. The quantitative estimate of drug-likeness (QED) is 0.242. The van der Waals surface area contributed by atoms with E-state index in [9.17, 15) is 13.6 Å². The maximum Gasteiger partial charge on any atom is 0.373 e. The summed E-state index contributed by atoms with van der Waals surface area (Å²) in [7, 11) is 4.12. The third-order valence-electron chi connectivity index (χ3n) is 4.23. The number of thioether (sulfide) groups is 1. The molecule has 0 unspecified atom stereocenters. The lowest BCUT2D eigenvalue weighted by Gasteiger charge is -2.14. The number of rotatable bonds is 10. The van der Waals surface area contributed by atoms with E-state index < -0.39 is 18.2 Å². The molecule has 0 spiro atoms. The lowest BCUT2D eigenvalue weighted by Crippen LogP contribution is -2.03. The highest BCUT2D eigenvalue weighted by molar-refractivity contribution is 7.98. The second-order valence-electron chi connectivity index (χ2n) is 6.20. The van der Waals surface area contributed by atoms with Crippen LogP contribution in [0.25, 0.3) is 0 Å². The smallest absolute Gasteiger partial charge is 0.373 e. The van der Waals surface area contributed by atoms with Gasteiger partial charge in [0, 0.05) is 5.56 Å². The Kier molecular flexibility index (Phi) is 7.87. The number of nitrogens with zero attached hydrogens (tertiary/aromatic N) is 4. The zero-order valence-electron chi connectivity index (χ0n) is 18.1. The largest absolute Gasteiger partial charge is 0.493 e. The molecule has 0 radical (unpaired) electrons. The van der Waals surface area contributed by atoms with Crippen molar-refractivity contribution >= 4 is 23.9 Å². The molecule has 0 aliphatic rings. The van der Waals surface area contributed by atoms with Crippen LogP contribution in [0.3, 0.4) is 0 Å². The van der Waals surface area contributed by atoms with Gasteiger partial charge in [-0.1, -0.05) is 11.8 Å². The number of methoxy groups -OCH3 is 3. The molecule has 0 amide bonds. The van der Waals surface area contributed by atoms with Crippen molar-refractivity contribution in [3.05, 3.63) is 47.2 Å². The summed E-state index contributed by atoms with van der Waals surface area (Å²) < 4.78 is 53.9. The number of halogens is 2. The number of carbonyl (C=O) groups is 1. The van der Waals surface area contributed by atoms with E-state index in [1.54, 1.807) is 24.5 Å². The van der Waals surface area contributed by atoms with Gasteiger partial charge in [0.1, 0.15) is 12.4 Å². The SMILES string of the molecule is COC(=O)c1ccc(COc2c(OC)cc(/C=N/n3c(SC)nnc3C(F)F)cc2OC)o1. The van der Waals surface area contributed by atoms with Crippen molar-refractivity contribution in [2.45, 2.75) is 18.2 Å². The molecule has 0 fully saturated rings. The van der Waals surface area contributed by atoms with Crippen LogP contribution in [0.1, 0.15) is 34.1 Å². The Balaban J connectivity index is 1.86. The van der Waals surface area contributed by atoms with Crippen molar-refractivity contribution < 1.29 is 36.9 Å². The molecule has 2 heterocycles. The van der Waals surface area contributed by atoms with Crippen LogP contribution in [0.5, 0.6) is 17.2 Å². The van der Waals surface area contributed by atoms with Crippen molar-refractivity contribution in [1.82, 2.24) is 14.9 Å². The predicted molar refractivity (Wildman–Crippen MR) is 114 cm³/mol. The molecule has 176 valence electrons. The third kappa shape index (κ3) is 5.42. The Labute approximate surface area is 191 Å². The molecule has 10 nitrogen and oxygen atoms in total. The minimum Gasteiger partial charge on any atom is -0.493 e. The minimum absolute atomic E-state index is 0.0211. The monoisotopic (exact) mass is 482 g/mol. The van der Waals surface area contributed by atoms with Gasteiger partial charge in [-0.05, 0) is 30.5 Å². The molecule has 3 rings (SSSR count). The summed E-state index contributed by atoms with van der Waals surface area (Å²) in [5, 5.41) is 11.5. The fourth-order valence-corrected chi connectivity index (χ4v) is 3.14. The first kappa shape index (κ1) is 24.0. The third-order valence-corrected chi connectivity index (χ3v) is 4.85. The number of carbonyl (C=O) groups excluding carboxylic acids is 1. The van der Waals surface area contributed by atoms with Gasteiger partial charge in [0.15, 0.2) is 11.5 Å². The molecule has 0 saturated heterocycles. The molecule has 0 saturated carbocycles. The van der Waals surface area contributed by atoms with Crippen LogP contribution in [0.15, 0.2) is 38.9 Å². The van der Waals surface area contributed by atoms with Gasteiger partial charge >= 0.3 is 5.97 Å². The van der Waals surface area contributed by atoms with Crippen LogP contribution < -0.4 is 14.2 Å². The molecule has 0 N–H and O–H groups in total. The molecule has 0 aliphatic heterocycles. The van der Waals surface area contributed by atoms with Crippen molar-refractivity contribution in [2.24, 2.45) is 5.10 Å². The Morgan fingerprint density at radius 3 is 2.48 bits per heavy atom. The average molecular weight is 482 g/mol. The Bertz CT molecular complexity index is 1120. The molecule has 3 aromatic rings. The van der Waals surface area contributed by atoms with Crippen LogP contribution in [-0.2, 0) is 11.3 Å². The van der Waals surface area contributed by atoms with Crippen LogP contribution >= 0.6 is 11.8 Å². The molecule has 0 bridgehead atoms. The standard InChI is InChI=1S/C20H20F2N4O6S/c1-28-14-7-11(9-23-26-18(17(21)22)24-25-20(26)33-4)8-15(29-2)16(14)31-10-12-5-6-13(32-12)19(27)30-3/h5-9,17H,10H2,1-4H3/b23-9+.